The summed E-state index contributed by atoms with van der Waals surface area (Å²) in [7, 11) is 0. The molecule has 1 aromatic carbocycles. The third-order valence-electron chi connectivity index (χ3n) is 5.98. The first kappa shape index (κ1) is 22.7. The highest BCUT2D eigenvalue weighted by Crippen LogP contribution is 2.37. The largest absolute Gasteiger partial charge is 0.366 e. The molecule has 4 aromatic rings. The normalized spacial score (nSPS) is 15.3. The van der Waals surface area contributed by atoms with Gasteiger partial charge < -0.3 is 15.2 Å². The number of pyridine rings is 1. The minimum atomic E-state index is -0.655. The Morgan fingerprint density at radius 1 is 1.20 bits per heavy atom. The van der Waals surface area contributed by atoms with Crippen LogP contribution >= 0.6 is 11.3 Å². The van der Waals surface area contributed by atoms with Gasteiger partial charge in [-0.2, -0.15) is 4.39 Å². The number of aromatic nitrogens is 3. The highest BCUT2D eigenvalue weighted by molar-refractivity contribution is 7.14. The molecule has 0 spiro atoms. The van der Waals surface area contributed by atoms with Gasteiger partial charge in [0.1, 0.15) is 5.69 Å². The summed E-state index contributed by atoms with van der Waals surface area (Å²) < 4.78 is 15.1. The van der Waals surface area contributed by atoms with Gasteiger partial charge in [0.05, 0.1) is 17.3 Å². The minimum absolute atomic E-state index is 0.145. The Bertz CT molecular complexity index is 1370. The molecule has 0 bridgehead atoms. The summed E-state index contributed by atoms with van der Waals surface area (Å²) in [5.41, 5.74) is 8.50. The van der Waals surface area contributed by atoms with Crippen LogP contribution in [0.5, 0.6) is 0 Å². The maximum atomic E-state index is 13.5. The highest BCUT2D eigenvalue weighted by atomic mass is 32.1. The van der Waals surface area contributed by atoms with Gasteiger partial charge in [0, 0.05) is 36.6 Å². The van der Waals surface area contributed by atoms with Crippen LogP contribution in [0.25, 0.3) is 0 Å². The molecule has 3 N–H and O–H groups in total. The molecule has 1 aliphatic heterocycles. The number of carbonyl (C=O) groups is 2. The lowest BCUT2D eigenvalue weighted by Gasteiger charge is -2.25. The van der Waals surface area contributed by atoms with Crippen LogP contribution in [-0.4, -0.2) is 32.9 Å². The second-order valence-corrected chi connectivity index (χ2v) is 9.17. The topological polar surface area (TPSA) is 106 Å². The zero-order valence-electron chi connectivity index (χ0n) is 18.7. The third-order valence-corrected chi connectivity index (χ3v) is 6.76. The van der Waals surface area contributed by atoms with Gasteiger partial charge in [-0.3, -0.25) is 14.9 Å². The van der Waals surface area contributed by atoms with Crippen molar-refractivity contribution >= 4 is 34.0 Å². The predicted molar refractivity (Wildman–Crippen MR) is 132 cm³/mol. The standard InChI is InChI=1S/C25H23FN6O2S/c26-22-11-16(8-9-28-22)13-31-14-17(23(27)33)12-21(31)24(34)30-25-29-19(15-35-25)20-7-4-10-32(20)18-5-2-1-3-6-18/h1-3,5-6,8-9,11-12,14-15,20H,4,7,10,13H2,(H2,27,33)(H,29,30,34)/t20-/m1/s1. The average molecular weight is 491 g/mol. The van der Waals surface area contributed by atoms with Gasteiger partial charge in [-0.15, -0.1) is 11.3 Å². The molecule has 0 unspecified atom stereocenters. The number of carbonyl (C=O) groups excluding carboxylic acids is 2. The molecule has 1 atom stereocenters. The van der Waals surface area contributed by atoms with Crippen LogP contribution in [0.3, 0.4) is 0 Å². The van der Waals surface area contributed by atoms with Gasteiger partial charge in [0.15, 0.2) is 5.13 Å². The molecule has 1 saturated heterocycles. The Morgan fingerprint density at radius 2 is 2.03 bits per heavy atom. The van der Waals surface area contributed by atoms with E-state index in [4.69, 9.17) is 5.73 Å². The first-order valence-electron chi connectivity index (χ1n) is 11.2. The van der Waals surface area contributed by atoms with Crippen LogP contribution in [0.2, 0.25) is 0 Å². The molecule has 0 saturated carbocycles. The molecular formula is C25H23FN6O2S. The molecule has 8 nitrogen and oxygen atoms in total. The Labute approximate surface area is 205 Å². The molecule has 3 aromatic heterocycles. The van der Waals surface area contributed by atoms with E-state index in [0.29, 0.717) is 10.7 Å². The molecule has 0 radical (unpaired) electrons. The van der Waals surface area contributed by atoms with Crippen molar-refractivity contribution in [3.05, 3.63) is 94.8 Å². The lowest BCUT2D eigenvalue weighted by atomic mass is 10.1. The van der Waals surface area contributed by atoms with Gasteiger partial charge >= 0.3 is 0 Å². The van der Waals surface area contributed by atoms with Crippen molar-refractivity contribution in [2.75, 3.05) is 16.8 Å². The Morgan fingerprint density at radius 3 is 2.80 bits per heavy atom. The molecule has 1 fully saturated rings. The van der Waals surface area contributed by atoms with E-state index >= 15 is 0 Å². The van der Waals surface area contributed by atoms with Crippen molar-refractivity contribution in [1.82, 2.24) is 14.5 Å². The number of nitrogens with two attached hydrogens (primary N) is 1. The van der Waals surface area contributed by atoms with E-state index < -0.39 is 17.8 Å². The van der Waals surface area contributed by atoms with Crippen molar-refractivity contribution in [1.29, 1.82) is 0 Å². The fourth-order valence-electron chi connectivity index (χ4n) is 4.36. The second kappa shape index (κ2) is 9.67. The van der Waals surface area contributed by atoms with Gasteiger partial charge in [-0.05, 0) is 48.7 Å². The first-order chi connectivity index (χ1) is 17.0. The van der Waals surface area contributed by atoms with Crippen LogP contribution in [0.15, 0.2) is 66.3 Å². The minimum Gasteiger partial charge on any atom is -0.366 e. The van der Waals surface area contributed by atoms with Gasteiger partial charge in [0.2, 0.25) is 11.9 Å². The molecule has 35 heavy (non-hydrogen) atoms. The summed E-state index contributed by atoms with van der Waals surface area (Å²) in [6.45, 7) is 1.12. The number of halogens is 1. The number of nitrogens with zero attached hydrogens (tertiary/aromatic N) is 4. The van der Waals surface area contributed by atoms with E-state index in [1.54, 1.807) is 10.6 Å². The van der Waals surface area contributed by atoms with E-state index in [-0.39, 0.29) is 23.8 Å². The Balaban J connectivity index is 1.35. The molecule has 178 valence electrons. The molecule has 10 heteroatoms. The monoisotopic (exact) mass is 490 g/mol. The number of nitrogens with one attached hydrogen (secondary N) is 1. The van der Waals surface area contributed by atoms with Crippen LogP contribution in [0.4, 0.5) is 15.2 Å². The molecule has 2 amide bonds. The molecule has 1 aliphatic rings. The van der Waals surface area contributed by atoms with Crippen molar-refractivity contribution in [2.45, 2.75) is 25.4 Å². The Hall–Kier alpha value is -4.05. The maximum absolute atomic E-state index is 13.5. The fraction of sp³-hybridized carbons (Fsp3) is 0.200. The zero-order chi connectivity index (χ0) is 24.4. The van der Waals surface area contributed by atoms with Crippen LogP contribution < -0.4 is 16.0 Å². The lowest BCUT2D eigenvalue weighted by Crippen LogP contribution is -2.22. The van der Waals surface area contributed by atoms with E-state index in [0.717, 1.165) is 30.8 Å². The quantitative estimate of drug-likeness (QED) is 0.377. The summed E-state index contributed by atoms with van der Waals surface area (Å²) >= 11 is 1.35. The van der Waals surface area contributed by atoms with Crippen molar-refractivity contribution in [3.63, 3.8) is 0 Å². The van der Waals surface area contributed by atoms with Crippen LogP contribution in [0, 0.1) is 5.95 Å². The zero-order valence-corrected chi connectivity index (χ0v) is 19.5. The van der Waals surface area contributed by atoms with Gasteiger partial charge in [-0.25, -0.2) is 9.97 Å². The van der Waals surface area contributed by atoms with E-state index in [1.807, 2.05) is 23.6 Å². The number of benzene rings is 1. The second-order valence-electron chi connectivity index (χ2n) is 8.31. The molecule has 5 rings (SSSR count). The number of thiazole rings is 1. The fourth-order valence-corrected chi connectivity index (χ4v) is 5.12. The van der Waals surface area contributed by atoms with Gasteiger partial charge in [-0.1, -0.05) is 18.2 Å². The SMILES string of the molecule is NC(=O)c1cc(C(=O)Nc2nc([C@H]3CCCN3c3ccccc3)cs2)n(Cc2ccnc(F)c2)c1. The van der Waals surface area contributed by atoms with Crippen molar-refractivity contribution < 1.29 is 14.0 Å². The number of rotatable bonds is 7. The molecule has 4 heterocycles. The van der Waals surface area contributed by atoms with Crippen molar-refractivity contribution in [2.24, 2.45) is 5.73 Å². The summed E-state index contributed by atoms with van der Waals surface area (Å²) in [6.07, 6.45) is 4.89. The summed E-state index contributed by atoms with van der Waals surface area (Å²) in [5.74, 6) is -1.71. The summed E-state index contributed by atoms with van der Waals surface area (Å²) in [4.78, 5) is 35.4. The Kier molecular flexibility index (Phi) is 6.28. The number of amides is 2. The molecule has 0 aliphatic carbocycles. The van der Waals surface area contributed by atoms with Gasteiger partial charge in [0.25, 0.3) is 5.91 Å². The third kappa shape index (κ3) is 4.92. The number of hydrogen-bond donors (Lipinski definition) is 2. The highest BCUT2D eigenvalue weighted by Gasteiger charge is 2.28. The summed E-state index contributed by atoms with van der Waals surface area (Å²) in [5, 5.41) is 5.27. The van der Waals surface area contributed by atoms with E-state index in [2.05, 4.69) is 32.3 Å². The molecular weight excluding hydrogens is 467 g/mol. The first-order valence-corrected chi connectivity index (χ1v) is 12.0. The number of anilines is 2. The van der Waals surface area contributed by atoms with Crippen LogP contribution in [-0.2, 0) is 6.54 Å². The number of hydrogen-bond acceptors (Lipinski definition) is 6. The predicted octanol–water partition coefficient (Wildman–Crippen LogP) is 4.22. The number of primary amides is 1. The van der Waals surface area contributed by atoms with E-state index in [9.17, 15) is 14.0 Å². The lowest BCUT2D eigenvalue weighted by molar-refractivity contribution is 0.0998. The number of para-hydroxylation sites is 1. The van der Waals surface area contributed by atoms with E-state index in [1.165, 1.54) is 35.9 Å². The maximum Gasteiger partial charge on any atom is 0.274 e. The average Bonchev–Trinajstić information content (AvgIpc) is 3.59. The van der Waals surface area contributed by atoms with Crippen molar-refractivity contribution in [3.8, 4) is 0 Å². The van der Waals surface area contributed by atoms with Crippen LogP contribution in [0.1, 0.15) is 51.0 Å². The smallest absolute Gasteiger partial charge is 0.274 e. The summed E-state index contributed by atoms with van der Waals surface area (Å²) in [6, 6.07) is 14.7.